The summed E-state index contributed by atoms with van der Waals surface area (Å²) < 4.78 is 12.9. The quantitative estimate of drug-likeness (QED) is 0.474. The van der Waals surface area contributed by atoms with E-state index >= 15 is 0 Å². The molecule has 0 aliphatic rings. The second-order valence-electron chi connectivity index (χ2n) is 8.05. The zero-order valence-electron chi connectivity index (χ0n) is 17.1. The monoisotopic (exact) mass is 386 g/mol. The maximum atomic E-state index is 11.7. The Morgan fingerprint density at radius 3 is 2.46 bits per heavy atom. The number of aromatic nitrogens is 2. The Balaban J connectivity index is 2.73. The molecule has 0 spiro atoms. The van der Waals surface area contributed by atoms with E-state index in [1.807, 2.05) is 6.92 Å². The van der Waals surface area contributed by atoms with Gasteiger partial charge in [0.25, 0.3) is 0 Å². The number of imidazole rings is 1. The summed E-state index contributed by atoms with van der Waals surface area (Å²) in [5.41, 5.74) is 0.259. The number of hydrogen-bond acceptors (Lipinski definition) is 6. The first-order valence-electron chi connectivity index (χ1n) is 9.06. The van der Waals surface area contributed by atoms with Crippen LogP contribution < -0.4 is 0 Å². The van der Waals surface area contributed by atoms with Gasteiger partial charge in [-0.15, -0.1) is 0 Å². The molecular formula is C18H34N2O5Si. The minimum Gasteiger partial charge on any atom is -0.417 e. The van der Waals surface area contributed by atoms with Gasteiger partial charge in [-0.1, -0.05) is 20.8 Å². The molecular weight excluding hydrogens is 352 g/mol. The Morgan fingerprint density at radius 1 is 1.35 bits per heavy atom. The van der Waals surface area contributed by atoms with Gasteiger partial charge in [0.1, 0.15) is 12.8 Å². The minimum atomic E-state index is -1.89. The topological polar surface area (TPSA) is 93.8 Å². The van der Waals surface area contributed by atoms with Crippen molar-refractivity contribution in [3.05, 3.63) is 17.7 Å². The van der Waals surface area contributed by atoms with Gasteiger partial charge in [-0.2, -0.15) is 0 Å². The van der Waals surface area contributed by atoms with Crippen LogP contribution in [-0.4, -0.2) is 53.2 Å². The number of ketones is 1. The molecule has 1 aromatic rings. The van der Waals surface area contributed by atoms with Crippen LogP contribution in [0.5, 0.6) is 0 Å². The highest BCUT2D eigenvalue weighted by molar-refractivity contribution is 6.74. The smallest absolute Gasteiger partial charge is 0.195 e. The zero-order chi connectivity index (χ0) is 20.1. The number of hydrogen-bond donors (Lipinski definition) is 2. The van der Waals surface area contributed by atoms with Gasteiger partial charge in [-0.25, -0.2) is 4.98 Å². The van der Waals surface area contributed by atoms with Crippen LogP contribution in [0.4, 0.5) is 0 Å². The Hall–Kier alpha value is -1.06. The van der Waals surface area contributed by atoms with Gasteiger partial charge < -0.3 is 23.9 Å². The average Bonchev–Trinajstić information content (AvgIpc) is 2.95. The molecule has 1 heterocycles. The number of carbonyl (C=O) groups excluding carboxylic acids is 1. The van der Waals surface area contributed by atoms with E-state index < -0.39 is 20.5 Å². The lowest BCUT2D eigenvalue weighted by Crippen LogP contribution is -2.41. The van der Waals surface area contributed by atoms with Gasteiger partial charge in [0, 0.05) is 26.3 Å². The molecule has 26 heavy (non-hydrogen) atoms. The first kappa shape index (κ1) is 23.0. The Labute approximate surface area is 157 Å². The first-order valence-corrected chi connectivity index (χ1v) is 12.0. The van der Waals surface area contributed by atoms with Gasteiger partial charge >= 0.3 is 0 Å². The lowest BCUT2D eigenvalue weighted by molar-refractivity contribution is 0.00284. The molecule has 0 aliphatic heterocycles. The average molecular weight is 387 g/mol. The molecule has 0 unspecified atom stereocenters. The van der Waals surface area contributed by atoms with E-state index in [-0.39, 0.29) is 29.1 Å². The highest BCUT2D eigenvalue weighted by atomic mass is 28.4. The second kappa shape index (κ2) is 9.23. The van der Waals surface area contributed by atoms with Crippen molar-refractivity contribution >= 4 is 14.1 Å². The molecule has 7 nitrogen and oxygen atoms in total. The molecule has 150 valence electrons. The van der Waals surface area contributed by atoms with Crippen molar-refractivity contribution in [1.82, 2.24) is 9.55 Å². The number of ether oxygens (including phenoxy) is 1. The summed E-state index contributed by atoms with van der Waals surface area (Å²) in [6.45, 7) is 15.0. The van der Waals surface area contributed by atoms with Crippen molar-refractivity contribution in [1.29, 1.82) is 0 Å². The van der Waals surface area contributed by atoms with Crippen molar-refractivity contribution in [2.24, 2.45) is 0 Å². The van der Waals surface area contributed by atoms with Gasteiger partial charge in [-0.3, -0.25) is 4.79 Å². The lowest BCUT2D eigenvalue weighted by atomic mass is 10.1. The van der Waals surface area contributed by atoms with Crippen LogP contribution in [0.15, 0.2) is 6.20 Å². The summed E-state index contributed by atoms with van der Waals surface area (Å²) in [4.78, 5) is 15.9. The van der Waals surface area contributed by atoms with Crippen molar-refractivity contribution in [2.75, 3.05) is 13.2 Å². The van der Waals surface area contributed by atoms with Crippen LogP contribution in [0, 0.1) is 0 Å². The van der Waals surface area contributed by atoms with Crippen molar-refractivity contribution in [3.63, 3.8) is 0 Å². The van der Waals surface area contributed by atoms with E-state index in [1.54, 1.807) is 10.8 Å². The van der Waals surface area contributed by atoms with Crippen LogP contribution in [0.25, 0.3) is 0 Å². The van der Waals surface area contributed by atoms with E-state index in [1.165, 1.54) is 6.92 Å². The van der Waals surface area contributed by atoms with E-state index in [0.29, 0.717) is 19.6 Å². The first-order chi connectivity index (χ1) is 11.9. The third-order valence-corrected chi connectivity index (χ3v) is 9.43. The van der Waals surface area contributed by atoms with E-state index in [0.717, 1.165) is 0 Å². The Kier molecular flexibility index (Phi) is 8.16. The fourth-order valence-electron chi connectivity index (χ4n) is 2.15. The molecule has 0 radical (unpaired) electrons. The van der Waals surface area contributed by atoms with Crippen LogP contribution in [-0.2, 0) is 15.9 Å². The number of aliphatic hydroxyl groups is 2. The summed E-state index contributed by atoms with van der Waals surface area (Å²) in [5, 5.41) is 20.8. The predicted molar refractivity (Wildman–Crippen MR) is 103 cm³/mol. The largest absolute Gasteiger partial charge is 0.417 e. The molecule has 2 atom stereocenters. The minimum absolute atomic E-state index is 0.0883. The number of nitrogens with zero attached hydrogens (tertiary/aromatic N) is 2. The maximum Gasteiger partial charge on any atom is 0.195 e. The third kappa shape index (κ3) is 5.99. The van der Waals surface area contributed by atoms with E-state index in [9.17, 15) is 15.0 Å². The fourth-order valence-corrected chi connectivity index (χ4v) is 3.22. The normalized spacial score (nSPS) is 15.1. The molecule has 1 aromatic heterocycles. The molecule has 0 bridgehead atoms. The van der Waals surface area contributed by atoms with Crippen LogP contribution >= 0.6 is 0 Å². The summed E-state index contributed by atoms with van der Waals surface area (Å²) in [5.74, 6) is -0.0175. The highest BCUT2D eigenvalue weighted by Gasteiger charge is 2.37. The predicted octanol–water partition coefficient (Wildman–Crippen LogP) is 2.89. The summed E-state index contributed by atoms with van der Waals surface area (Å²) in [7, 11) is -1.89. The molecule has 0 aromatic carbocycles. The van der Waals surface area contributed by atoms with Crippen molar-refractivity contribution in [2.45, 2.75) is 78.1 Å². The molecule has 0 aliphatic carbocycles. The van der Waals surface area contributed by atoms with Crippen LogP contribution in [0.1, 0.15) is 63.5 Å². The van der Waals surface area contributed by atoms with Gasteiger partial charge in [0.05, 0.1) is 11.8 Å². The molecule has 0 amide bonds. The number of Topliss-reactive ketones (excluding diaryl/α,β-unsaturated/α-hetero) is 1. The Morgan fingerprint density at radius 2 is 1.96 bits per heavy atom. The van der Waals surface area contributed by atoms with Gasteiger partial charge in [0.15, 0.2) is 19.9 Å². The lowest BCUT2D eigenvalue weighted by Gasteiger charge is -2.36. The number of rotatable bonds is 10. The maximum absolute atomic E-state index is 11.7. The van der Waals surface area contributed by atoms with Crippen molar-refractivity contribution in [3.8, 4) is 0 Å². The summed E-state index contributed by atoms with van der Waals surface area (Å²) >= 11 is 0. The van der Waals surface area contributed by atoms with Gasteiger partial charge in [-0.05, 0) is 31.5 Å². The van der Waals surface area contributed by atoms with Crippen LogP contribution in [0.3, 0.4) is 0 Å². The third-order valence-electron chi connectivity index (χ3n) is 4.89. The molecule has 1 rings (SSSR count). The molecule has 8 heteroatoms. The molecule has 0 saturated heterocycles. The summed E-state index contributed by atoms with van der Waals surface area (Å²) in [6.07, 6.45) is -0.356. The fraction of sp³-hybridized carbons (Fsp3) is 0.778. The second-order valence-corrected chi connectivity index (χ2v) is 12.9. The number of carbonyl (C=O) groups is 1. The summed E-state index contributed by atoms with van der Waals surface area (Å²) in [6, 6.07) is 0. The molecule has 0 fully saturated rings. The van der Waals surface area contributed by atoms with Crippen LogP contribution in [0.2, 0.25) is 18.1 Å². The SMILES string of the molecule is CCOCn1cc([C@H](O)[C@H](O)CCO[Si](C)(C)C(C)(C)C)nc1C(C)=O. The molecule has 2 N–H and O–H groups in total. The highest BCUT2D eigenvalue weighted by Crippen LogP contribution is 2.36. The molecule has 0 saturated carbocycles. The van der Waals surface area contributed by atoms with Crippen molar-refractivity contribution < 1.29 is 24.2 Å². The van der Waals surface area contributed by atoms with Gasteiger partial charge in [0.2, 0.25) is 0 Å². The number of aliphatic hydroxyl groups excluding tert-OH is 2. The Bertz CT molecular complexity index is 595. The van der Waals surface area contributed by atoms with E-state index in [2.05, 4.69) is 38.8 Å². The zero-order valence-corrected chi connectivity index (χ0v) is 18.1. The standard InChI is InChI=1S/C18H34N2O5Si/c1-8-24-12-20-11-14(19-17(20)13(2)21)16(23)15(22)9-10-25-26(6,7)18(3,4)5/h11,15-16,22-23H,8-10,12H2,1-7H3/t15-,16+/m1/s1. The van der Waals surface area contributed by atoms with E-state index in [4.69, 9.17) is 9.16 Å².